The average Bonchev–Trinajstić information content (AvgIpc) is 2.48. The second-order valence-corrected chi connectivity index (χ2v) is 6.30. The van der Waals surface area contributed by atoms with Crippen LogP contribution < -0.4 is 4.74 Å². The Hall–Kier alpha value is -2.42. The Labute approximate surface area is 130 Å². The van der Waals surface area contributed by atoms with E-state index in [9.17, 15) is 9.59 Å². The van der Waals surface area contributed by atoms with E-state index in [1.54, 1.807) is 18.2 Å². The summed E-state index contributed by atoms with van der Waals surface area (Å²) in [5, 5.41) is 0. The third kappa shape index (κ3) is 3.08. The fraction of sp³-hybridized carbons (Fsp3) is 0.263. The fourth-order valence-corrected chi connectivity index (χ4v) is 2.36. The van der Waals surface area contributed by atoms with Crippen LogP contribution in [0.25, 0.3) is 0 Å². The SMILES string of the molecule is Cc1cccc(C(C)(C)C)c1Oc1c(C=O)cccc1C=O. The van der Waals surface area contributed by atoms with Crippen molar-refractivity contribution in [2.45, 2.75) is 33.1 Å². The van der Waals surface area contributed by atoms with Gasteiger partial charge in [0.25, 0.3) is 0 Å². The molecule has 3 heteroatoms. The lowest BCUT2D eigenvalue weighted by atomic mass is 9.85. The van der Waals surface area contributed by atoms with Gasteiger partial charge in [0.2, 0.25) is 0 Å². The molecule has 2 aromatic carbocycles. The lowest BCUT2D eigenvalue weighted by molar-refractivity contribution is 0.112. The van der Waals surface area contributed by atoms with Gasteiger partial charge in [-0.25, -0.2) is 0 Å². The molecule has 22 heavy (non-hydrogen) atoms. The lowest BCUT2D eigenvalue weighted by Gasteiger charge is -2.24. The summed E-state index contributed by atoms with van der Waals surface area (Å²) in [6.07, 6.45) is 1.41. The van der Waals surface area contributed by atoms with Crippen molar-refractivity contribution in [3.63, 3.8) is 0 Å². The van der Waals surface area contributed by atoms with E-state index in [1.807, 2.05) is 25.1 Å². The van der Waals surface area contributed by atoms with Crippen molar-refractivity contribution in [2.24, 2.45) is 0 Å². The summed E-state index contributed by atoms with van der Waals surface area (Å²) in [5.74, 6) is 1.01. The van der Waals surface area contributed by atoms with Gasteiger partial charge >= 0.3 is 0 Å². The van der Waals surface area contributed by atoms with Gasteiger partial charge in [-0.2, -0.15) is 0 Å². The summed E-state index contributed by atoms with van der Waals surface area (Å²) in [5.41, 5.74) is 2.62. The molecule has 114 valence electrons. The van der Waals surface area contributed by atoms with E-state index in [1.165, 1.54) is 0 Å². The molecule has 0 saturated carbocycles. The van der Waals surface area contributed by atoms with Crippen molar-refractivity contribution < 1.29 is 14.3 Å². The molecule has 0 unspecified atom stereocenters. The molecule has 0 amide bonds. The number of carbonyl (C=O) groups excluding carboxylic acids is 2. The van der Waals surface area contributed by atoms with E-state index in [2.05, 4.69) is 20.8 Å². The van der Waals surface area contributed by atoms with Gasteiger partial charge in [-0.05, 0) is 30.0 Å². The highest BCUT2D eigenvalue weighted by Gasteiger charge is 2.22. The molecule has 0 N–H and O–H groups in total. The lowest BCUT2D eigenvalue weighted by Crippen LogP contribution is -2.13. The first kappa shape index (κ1) is 16.0. The summed E-state index contributed by atoms with van der Waals surface area (Å²) in [6, 6.07) is 10.9. The van der Waals surface area contributed by atoms with Crippen LogP contribution in [-0.4, -0.2) is 12.6 Å². The van der Waals surface area contributed by atoms with Gasteiger partial charge in [0.05, 0.1) is 11.1 Å². The van der Waals surface area contributed by atoms with Crippen LogP contribution >= 0.6 is 0 Å². The van der Waals surface area contributed by atoms with Gasteiger partial charge < -0.3 is 4.74 Å². The van der Waals surface area contributed by atoms with Crippen LogP contribution in [0.2, 0.25) is 0 Å². The van der Waals surface area contributed by atoms with Crippen LogP contribution in [0.15, 0.2) is 36.4 Å². The van der Waals surface area contributed by atoms with Crippen LogP contribution in [-0.2, 0) is 5.41 Å². The van der Waals surface area contributed by atoms with E-state index in [-0.39, 0.29) is 5.41 Å². The molecular weight excluding hydrogens is 276 g/mol. The number of para-hydroxylation sites is 2. The minimum atomic E-state index is -0.112. The van der Waals surface area contributed by atoms with Crippen molar-refractivity contribution >= 4 is 12.6 Å². The first-order valence-electron chi connectivity index (χ1n) is 7.20. The van der Waals surface area contributed by atoms with Crippen molar-refractivity contribution in [1.82, 2.24) is 0 Å². The molecule has 0 aromatic heterocycles. The Morgan fingerprint density at radius 3 is 1.91 bits per heavy atom. The zero-order chi connectivity index (χ0) is 16.3. The third-order valence-corrected chi connectivity index (χ3v) is 3.55. The predicted molar refractivity (Wildman–Crippen MR) is 87.2 cm³/mol. The average molecular weight is 296 g/mol. The number of ether oxygens (including phenoxy) is 1. The highest BCUT2D eigenvalue weighted by molar-refractivity contribution is 5.88. The summed E-state index contributed by atoms with van der Waals surface area (Å²) in [4.78, 5) is 22.5. The van der Waals surface area contributed by atoms with Gasteiger partial charge in [-0.3, -0.25) is 9.59 Å². The first-order valence-corrected chi connectivity index (χ1v) is 7.20. The maximum Gasteiger partial charge on any atom is 0.153 e. The quantitative estimate of drug-likeness (QED) is 0.767. The van der Waals surface area contributed by atoms with Gasteiger partial charge in [-0.1, -0.05) is 45.0 Å². The molecule has 0 radical (unpaired) electrons. The Balaban J connectivity index is 2.62. The molecule has 0 aliphatic heterocycles. The van der Waals surface area contributed by atoms with Crippen molar-refractivity contribution in [3.05, 3.63) is 58.7 Å². The number of rotatable bonds is 4. The molecule has 0 spiro atoms. The number of aldehydes is 2. The fourth-order valence-electron chi connectivity index (χ4n) is 2.36. The van der Waals surface area contributed by atoms with Gasteiger partial charge in [0.15, 0.2) is 12.6 Å². The maximum atomic E-state index is 11.3. The summed E-state index contributed by atoms with van der Waals surface area (Å²) >= 11 is 0. The van der Waals surface area contributed by atoms with E-state index in [0.29, 0.717) is 35.2 Å². The molecule has 2 rings (SSSR count). The van der Waals surface area contributed by atoms with E-state index >= 15 is 0 Å². The summed E-state index contributed by atoms with van der Waals surface area (Å²) in [7, 11) is 0. The molecule has 0 aliphatic carbocycles. The molecular formula is C19H20O3. The molecule has 0 atom stereocenters. The molecule has 2 aromatic rings. The minimum absolute atomic E-state index is 0.112. The van der Waals surface area contributed by atoms with Gasteiger partial charge in [0, 0.05) is 5.56 Å². The predicted octanol–water partition coefficient (Wildman–Crippen LogP) is 4.71. The van der Waals surface area contributed by atoms with Crippen LogP contribution in [0.1, 0.15) is 52.6 Å². The van der Waals surface area contributed by atoms with E-state index < -0.39 is 0 Å². The third-order valence-electron chi connectivity index (χ3n) is 3.55. The second kappa shape index (κ2) is 6.14. The Morgan fingerprint density at radius 2 is 1.41 bits per heavy atom. The zero-order valence-electron chi connectivity index (χ0n) is 13.3. The van der Waals surface area contributed by atoms with Crippen LogP contribution in [0.3, 0.4) is 0 Å². The molecule has 3 nitrogen and oxygen atoms in total. The molecule has 0 aliphatic rings. The van der Waals surface area contributed by atoms with Crippen molar-refractivity contribution in [1.29, 1.82) is 0 Å². The molecule has 0 saturated heterocycles. The first-order chi connectivity index (χ1) is 10.4. The van der Waals surface area contributed by atoms with Gasteiger partial charge in [0.1, 0.15) is 11.5 Å². The van der Waals surface area contributed by atoms with Gasteiger partial charge in [-0.15, -0.1) is 0 Å². The largest absolute Gasteiger partial charge is 0.455 e. The highest BCUT2D eigenvalue weighted by Crippen LogP contribution is 2.38. The number of carbonyl (C=O) groups is 2. The van der Waals surface area contributed by atoms with Crippen LogP contribution in [0, 0.1) is 6.92 Å². The number of aryl methyl sites for hydroxylation is 1. The topological polar surface area (TPSA) is 43.4 Å². The van der Waals surface area contributed by atoms with Crippen molar-refractivity contribution in [3.8, 4) is 11.5 Å². The minimum Gasteiger partial charge on any atom is -0.455 e. The second-order valence-electron chi connectivity index (χ2n) is 6.30. The maximum absolute atomic E-state index is 11.3. The summed E-state index contributed by atoms with van der Waals surface area (Å²) < 4.78 is 6.05. The summed E-state index contributed by atoms with van der Waals surface area (Å²) in [6.45, 7) is 8.25. The normalized spacial score (nSPS) is 11.1. The highest BCUT2D eigenvalue weighted by atomic mass is 16.5. The van der Waals surface area contributed by atoms with E-state index in [0.717, 1.165) is 11.1 Å². The standard InChI is InChI=1S/C19H20O3/c1-13-7-5-10-16(19(2,3)4)17(13)22-18-14(11-20)8-6-9-15(18)12-21/h5-12H,1-4H3. The molecule has 0 fully saturated rings. The number of benzene rings is 2. The molecule has 0 bridgehead atoms. The number of hydrogen-bond donors (Lipinski definition) is 0. The van der Waals surface area contributed by atoms with Crippen molar-refractivity contribution in [2.75, 3.05) is 0 Å². The Bertz CT molecular complexity index is 683. The monoisotopic (exact) mass is 296 g/mol. The smallest absolute Gasteiger partial charge is 0.153 e. The zero-order valence-corrected chi connectivity index (χ0v) is 13.3. The van der Waals surface area contributed by atoms with E-state index in [4.69, 9.17) is 4.74 Å². The van der Waals surface area contributed by atoms with Crippen LogP contribution in [0.4, 0.5) is 0 Å². The Morgan fingerprint density at radius 1 is 0.864 bits per heavy atom. The number of hydrogen-bond acceptors (Lipinski definition) is 3. The molecule has 0 heterocycles. The van der Waals surface area contributed by atoms with Crippen LogP contribution in [0.5, 0.6) is 11.5 Å². The Kier molecular flexibility index (Phi) is 4.45.